The highest BCUT2D eigenvalue weighted by atomic mass is 32.1. The van der Waals surface area contributed by atoms with Gasteiger partial charge in [-0.15, -0.1) is 11.3 Å². The Bertz CT molecular complexity index is 1020. The van der Waals surface area contributed by atoms with E-state index in [1.54, 1.807) is 0 Å². The lowest BCUT2D eigenvalue weighted by Gasteiger charge is -2.28. The van der Waals surface area contributed by atoms with Crippen LogP contribution in [0.1, 0.15) is 5.82 Å². The second-order valence-corrected chi connectivity index (χ2v) is 7.73. The number of fused-ring (bicyclic) bond motifs is 1. The molecule has 7 nitrogen and oxygen atoms in total. The molecule has 4 rings (SSSR count). The maximum atomic E-state index is 12.7. The van der Waals surface area contributed by atoms with Crippen molar-refractivity contribution in [2.45, 2.75) is 6.54 Å². The van der Waals surface area contributed by atoms with Gasteiger partial charge < -0.3 is 14.6 Å². The molecule has 28 heavy (non-hydrogen) atoms. The van der Waals surface area contributed by atoms with Crippen molar-refractivity contribution in [3.63, 3.8) is 0 Å². The first-order valence-electron chi connectivity index (χ1n) is 9.21. The number of hydrogen-bond donors (Lipinski definition) is 1. The molecule has 3 heterocycles. The van der Waals surface area contributed by atoms with Crippen LogP contribution in [0, 0.1) is 0 Å². The fourth-order valence-corrected chi connectivity index (χ4v) is 4.32. The van der Waals surface area contributed by atoms with Crippen LogP contribution >= 0.6 is 11.3 Å². The summed E-state index contributed by atoms with van der Waals surface area (Å²) in [6.45, 7) is 3.11. The van der Waals surface area contributed by atoms with E-state index < -0.39 is 0 Å². The van der Waals surface area contributed by atoms with E-state index in [0.29, 0.717) is 48.9 Å². The maximum Gasteiger partial charge on any atom is 0.260 e. The van der Waals surface area contributed by atoms with Crippen molar-refractivity contribution in [3.05, 3.63) is 51.9 Å². The lowest BCUT2D eigenvalue weighted by atomic mass is 10.1. The SMILES string of the molecule is CN(CC(=O)N1CCOCC1)Cc1nc2scc(-c3ccccc3)c2c(=O)[nH]1. The molecule has 0 atom stereocenters. The van der Waals surface area contributed by atoms with Crippen LogP contribution < -0.4 is 5.56 Å². The Morgan fingerprint density at radius 3 is 2.79 bits per heavy atom. The number of nitrogens with zero attached hydrogens (tertiary/aromatic N) is 3. The zero-order chi connectivity index (χ0) is 19.5. The van der Waals surface area contributed by atoms with E-state index in [1.165, 1.54) is 11.3 Å². The number of ether oxygens (including phenoxy) is 1. The maximum absolute atomic E-state index is 12.7. The average molecular weight is 398 g/mol. The second-order valence-electron chi connectivity index (χ2n) is 6.87. The van der Waals surface area contributed by atoms with Crippen LogP contribution in [0.5, 0.6) is 0 Å². The molecule has 3 aromatic rings. The summed E-state index contributed by atoms with van der Waals surface area (Å²) in [5.41, 5.74) is 1.76. The van der Waals surface area contributed by atoms with E-state index in [9.17, 15) is 9.59 Å². The van der Waals surface area contributed by atoms with Gasteiger partial charge in [-0.1, -0.05) is 30.3 Å². The third kappa shape index (κ3) is 3.99. The van der Waals surface area contributed by atoms with Crippen molar-refractivity contribution < 1.29 is 9.53 Å². The molecule has 1 amide bonds. The van der Waals surface area contributed by atoms with Gasteiger partial charge in [-0.2, -0.15) is 0 Å². The summed E-state index contributed by atoms with van der Waals surface area (Å²) < 4.78 is 5.28. The molecule has 1 fully saturated rings. The summed E-state index contributed by atoms with van der Waals surface area (Å²) in [7, 11) is 1.85. The molecule has 0 radical (unpaired) electrons. The van der Waals surface area contributed by atoms with Crippen molar-refractivity contribution >= 4 is 27.5 Å². The second kappa shape index (κ2) is 8.22. The topological polar surface area (TPSA) is 78.5 Å². The summed E-state index contributed by atoms with van der Waals surface area (Å²) in [5, 5.41) is 2.59. The zero-order valence-electron chi connectivity index (χ0n) is 15.7. The van der Waals surface area contributed by atoms with Gasteiger partial charge in [0.1, 0.15) is 10.7 Å². The van der Waals surface area contributed by atoms with Gasteiger partial charge in [-0.25, -0.2) is 4.98 Å². The molecule has 0 aliphatic carbocycles. The molecule has 1 N–H and O–H groups in total. The molecule has 0 saturated carbocycles. The number of aromatic nitrogens is 2. The first kappa shape index (κ1) is 18.8. The van der Waals surface area contributed by atoms with Crippen LogP contribution in [0.4, 0.5) is 0 Å². The highest BCUT2D eigenvalue weighted by Gasteiger charge is 2.19. The van der Waals surface area contributed by atoms with Gasteiger partial charge in [0.05, 0.1) is 31.7 Å². The van der Waals surface area contributed by atoms with E-state index in [1.807, 2.05) is 52.6 Å². The minimum atomic E-state index is -0.145. The summed E-state index contributed by atoms with van der Waals surface area (Å²) in [5.74, 6) is 0.632. The van der Waals surface area contributed by atoms with Crippen LogP contribution in [0.2, 0.25) is 0 Å². The van der Waals surface area contributed by atoms with Crippen LogP contribution in [-0.4, -0.2) is 65.6 Å². The van der Waals surface area contributed by atoms with E-state index in [4.69, 9.17) is 4.74 Å². The fraction of sp³-hybridized carbons (Fsp3) is 0.350. The molecule has 1 aromatic carbocycles. The van der Waals surface area contributed by atoms with Crippen molar-refractivity contribution in [2.75, 3.05) is 39.9 Å². The molecule has 1 aliphatic heterocycles. The molecule has 1 aliphatic rings. The van der Waals surface area contributed by atoms with Crippen molar-refractivity contribution in [2.24, 2.45) is 0 Å². The van der Waals surface area contributed by atoms with E-state index in [-0.39, 0.29) is 18.0 Å². The Hall–Kier alpha value is -2.55. The predicted octanol–water partition coefficient (Wildman–Crippen LogP) is 1.94. The molecule has 8 heteroatoms. The first-order valence-corrected chi connectivity index (χ1v) is 10.1. The molecule has 0 unspecified atom stereocenters. The summed E-state index contributed by atoms with van der Waals surface area (Å²) in [6.07, 6.45) is 0. The largest absolute Gasteiger partial charge is 0.378 e. The zero-order valence-corrected chi connectivity index (χ0v) is 16.5. The van der Waals surface area contributed by atoms with Crippen LogP contribution in [0.25, 0.3) is 21.3 Å². The fourth-order valence-electron chi connectivity index (χ4n) is 3.35. The molecule has 0 spiro atoms. The molecular weight excluding hydrogens is 376 g/mol. The normalized spacial score (nSPS) is 14.7. The monoisotopic (exact) mass is 398 g/mol. The lowest BCUT2D eigenvalue weighted by Crippen LogP contribution is -2.45. The molecule has 1 saturated heterocycles. The van der Waals surface area contributed by atoms with E-state index >= 15 is 0 Å². The summed E-state index contributed by atoms with van der Waals surface area (Å²) in [6, 6.07) is 9.83. The Balaban J connectivity index is 1.50. The Labute approximate surface area is 166 Å². The lowest BCUT2D eigenvalue weighted by molar-refractivity contribution is -0.136. The van der Waals surface area contributed by atoms with Crippen molar-refractivity contribution in [1.82, 2.24) is 19.8 Å². The third-order valence-corrected chi connectivity index (χ3v) is 5.64. The number of H-pyrrole nitrogens is 1. The number of carbonyl (C=O) groups is 1. The minimum Gasteiger partial charge on any atom is -0.378 e. The van der Waals surface area contributed by atoms with E-state index in [0.717, 1.165) is 11.1 Å². The number of hydrogen-bond acceptors (Lipinski definition) is 6. The molecule has 146 valence electrons. The summed E-state index contributed by atoms with van der Waals surface area (Å²) in [4.78, 5) is 37.0. The molecular formula is C20H22N4O3S. The Morgan fingerprint density at radius 2 is 2.04 bits per heavy atom. The van der Waals surface area contributed by atoms with Gasteiger partial charge in [0, 0.05) is 24.0 Å². The molecule has 0 bridgehead atoms. The van der Waals surface area contributed by atoms with Gasteiger partial charge >= 0.3 is 0 Å². The third-order valence-electron chi connectivity index (χ3n) is 4.77. The quantitative estimate of drug-likeness (QED) is 0.711. The van der Waals surface area contributed by atoms with Crippen molar-refractivity contribution in [3.8, 4) is 11.1 Å². The highest BCUT2D eigenvalue weighted by Crippen LogP contribution is 2.30. The number of morpholine rings is 1. The number of benzene rings is 1. The smallest absolute Gasteiger partial charge is 0.260 e. The number of aromatic amines is 1. The van der Waals surface area contributed by atoms with Gasteiger partial charge in [-0.05, 0) is 12.6 Å². The minimum absolute atomic E-state index is 0.0664. The Morgan fingerprint density at radius 1 is 1.29 bits per heavy atom. The van der Waals surface area contributed by atoms with Crippen LogP contribution in [0.3, 0.4) is 0 Å². The van der Waals surface area contributed by atoms with Crippen LogP contribution in [-0.2, 0) is 16.1 Å². The number of nitrogens with one attached hydrogen (secondary N) is 1. The number of amides is 1. The van der Waals surface area contributed by atoms with Crippen molar-refractivity contribution in [1.29, 1.82) is 0 Å². The van der Waals surface area contributed by atoms with Crippen LogP contribution in [0.15, 0.2) is 40.5 Å². The van der Waals surface area contributed by atoms with Gasteiger partial charge in [0.25, 0.3) is 5.56 Å². The number of thiophene rings is 1. The number of likely N-dealkylation sites (N-methyl/N-ethyl adjacent to an activating group) is 1. The van der Waals surface area contributed by atoms with Gasteiger partial charge in [-0.3, -0.25) is 14.5 Å². The molecule has 2 aromatic heterocycles. The van der Waals surface area contributed by atoms with E-state index in [2.05, 4.69) is 9.97 Å². The van der Waals surface area contributed by atoms with Gasteiger partial charge in [0.15, 0.2) is 0 Å². The van der Waals surface area contributed by atoms with Gasteiger partial charge in [0.2, 0.25) is 5.91 Å². The average Bonchev–Trinajstić information content (AvgIpc) is 3.14. The first-order chi connectivity index (χ1) is 13.6. The summed E-state index contributed by atoms with van der Waals surface area (Å²) >= 11 is 1.46. The number of rotatable bonds is 5. The number of carbonyl (C=O) groups excluding carboxylic acids is 1. The predicted molar refractivity (Wildman–Crippen MR) is 109 cm³/mol. The standard InChI is InChI=1S/C20H22N4O3S/c1-23(12-17(25)24-7-9-27-10-8-24)11-16-21-19(26)18-15(13-28-20(18)22-16)14-5-3-2-4-6-14/h2-6,13H,7-12H2,1H3,(H,21,22,26). The Kier molecular flexibility index (Phi) is 5.52. The highest BCUT2D eigenvalue weighted by molar-refractivity contribution is 7.17.